The molecule has 6 nitrogen and oxygen atoms in total. The molecule has 2 aromatic carbocycles. The number of benzene rings is 2. The summed E-state index contributed by atoms with van der Waals surface area (Å²) in [4.78, 5) is 11.4. The maximum absolute atomic E-state index is 14.2. The molecule has 0 N–H and O–H groups in total. The largest absolute Gasteiger partial charge is 0.473 e. The fourth-order valence-electron chi connectivity index (χ4n) is 4.86. The molecular weight excluding hydrogens is 519 g/mol. The van der Waals surface area contributed by atoms with Crippen molar-refractivity contribution in [2.45, 2.75) is 44.9 Å². The number of aromatic nitrogens is 3. The van der Waals surface area contributed by atoms with Gasteiger partial charge in [-0.15, -0.1) is 0 Å². The van der Waals surface area contributed by atoms with Crippen molar-refractivity contribution in [3.8, 4) is 11.6 Å². The molecular formula is C28H27F5N4O2. The van der Waals surface area contributed by atoms with Crippen molar-refractivity contribution in [2.75, 3.05) is 13.1 Å². The summed E-state index contributed by atoms with van der Waals surface area (Å²) in [6.45, 7) is -0.880. The summed E-state index contributed by atoms with van der Waals surface area (Å²) in [5, 5.41) is 0. The lowest BCUT2D eigenvalue weighted by molar-refractivity contribution is -0.0489. The number of piperidine rings is 1. The van der Waals surface area contributed by atoms with E-state index in [1.54, 1.807) is 12.1 Å². The number of hydrogen-bond acceptors (Lipinski definition) is 5. The van der Waals surface area contributed by atoms with Crippen molar-refractivity contribution in [3.05, 3.63) is 83.1 Å². The first-order valence-electron chi connectivity index (χ1n) is 12.6. The highest BCUT2D eigenvalue weighted by Gasteiger charge is 2.24. The van der Waals surface area contributed by atoms with Crippen molar-refractivity contribution in [1.82, 2.24) is 19.4 Å². The predicted octanol–water partition coefficient (Wildman–Crippen LogP) is 6.61. The molecule has 1 aliphatic rings. The van der Waals surface area contributed by atoms with Gasteiger partial charge in [-0.3, -0.25) is 4.90 Å². The molecule has 2 aromatic heterocycles. The lowest BCUT2D eigenvalue weighted by Crippen LogP contribution is -2.33. The fraction of sp³-hybridized carbons (Fsp3) is 0.357. The highest BCUT2D eigenvalue weighted by atomic mass is 19.3. The van der Waals surface area contributed by atoms with Gasteiger partial charge in [0.1, 0.15) is 23.8 Å². The van der Waals surface area contributed by atoms with Crippen LogP contribution in [0.3, 0.4) is 0 Å². The van der Waals surface area contributed by atoms with Gasteiger partial charge >= 0.3 is 6.61 Å². The smallest absolute Gasteiger partial charge is 0.387 e. The molecule has 0 bridgehead atoms. The second kappa shape index (κ2) is 11.6. The Balaban J connectivity index is 1.19. The van der Waals surface area contributed by atoms with Crippen LogP contribution in [0.15, 0.2) is 54.6 Å². The summed E-state index contributed by atoms with van der Waals surface area (Å²) in [5.74, 6) is 0.627. The van der Waals surface area contributed by atoms with Crippen LogP contribution in [0.5, 0.6) is 11.6 Å². The van der Waals surface area contributed by atoms with E-state index in [1.807, 2.05) is 29.8 Å². The average molecular weight is 547 g/mol. The molecule has 0 saturated carbocycles. The van der Waals surface area contributed by atoms with Crippen molar-refractivity contribution in [1.29, 1.82) is 0 Å². The van der Waals surface area contributed by atoms with Gasteiger partial charge in [0.2, 0.25) is 5.88 Å². The van der Waals surface area contributed by atoms with Crippen LogP contribution in [-0.4, -0.2) is 39.1 Å². The summed E-state index contributed by atoms with van der Waals surface area (Å²) in [7, 11) is 1.86. The van der Waals surface area contributed by atoms with Gasteiger partial charge < -0.3 is 14.0 Å². The number of rotatable bonds is 9. The Morgan fingerprint density at radius 2 is 1.74 bits per heavy atom. The van der Waals surface area contributed by atoms with E-state index < -0.39 is 18.9 Å². The maximum Gasteiger partial charge on any atom is 0.387 e. The van der Waals surface area contributed by atoms with E-state index in [4.69, 9.17) is 4.74 Å². The second-order valence-corrected chi connectivity index (χ2v) is 9.48. The molecule has 1 fully saturated rings. The van der Waals surface area contributed by atoms with Crippen LogP contribution in [0.4, 0.5) is 22.0 Å². The number of nitrogens with zero attached hydrogens (tertiary/aromatic N) is 4. The number of para-hydroxylation sites is 1. The summed E-state index contributed by atoms with van der Waals surface area (Å²) in [6, 6.07) is 13.7. The zero-order chi connectivity index (χ0) is 27.5. The summed E-state index contributed by atoms with van der Waals surface area (Å²) >= 11 is 0. The number of likely N-dealkylation sites (tertiary alicyclic amines) is 1. The van der Waals surface area contributed by atoms with E-state index in [0.717, 1.165) is 49.0 Å². The zero-order valence-electron chi connectivity index (χ0n) is 21.2. The molecule has 0 unspecified atom stereocenters. The molecule has 5 rings (SSSR count). The Hall–Kier alpha value is -3.73. The first kappa shape index (κ1) is 26.9. The van der Waals surface area contributed by atoms with Gasteiger partial charge in [0, 0.05) is 35.9 Å². The minimum absolute atomic E-state index is 0.0594. The summed E-state index contributed by atoms with van der Waals surface area (Å²) in [6.07, 6.45) is -1.03. The number of alkyl halides is 4. The highest BCUT2D eigenvalue weighted by molar-refractivity contribution is 5.82. The molecule has 0 amide bonds. The van der Waals surface area contributed by atoms with E-state index in [1.165, 1.54) is 18.2 Å². The Bertz CT molecular complexity index is 1440. The first-order chi connectivity index (χ1) is 18.8. The third kappa shape index (κ3) is 6.13. The molecule has 206 valence electrons. The Labute approximate surface area is 222 Å². The molecule has 0 radical (unpaired) electrons. The number of aryl methyl sites for hydroxylation is 1. The standard InChI is InChI=1S/C28H27F5N4O2/c1-36-22-5-3-6-23(39-28(32)33)26(22)35-24(36)15-37-12-10-17(11-13-37)21-4-2-7-25(34-21)38-16-19-9-8-18(27(30)31)14-20(19)29/h2-9,14,17,27-28H,10-13,15-16H2,1H3. The van der Waals surface area contributed by atoms with E-state index in [-0.39, 0.29) is 29.4 Å². The van der Waals surface area contributed by atoms with E-state index in [0.29, 0.717) is 17.9 Å². The number of hydrogen-bond donors (Lipinski definition) is 0. The molecule has 39 heavy (non-hydrogen) atoms. The Morgan fingerprint density at radius 1 is 0.974 bits per heavy atom. The molecule has 4 aromatic rings. The zero-order valence-corrected chi connectivity index (χ0v) is 21.2. The van der Waals surface area contributed by atoms with Crippen LogP contribution in [0.1, 0.15) is 47.8 Å². The summed E-state index contributed by atoms with van der Waals surface area (Å²) in [5.41, 5.74) is 1.82. The third-order valence-electron chi connectivity index (χ3n) is 7.00. The quantitative estimate of drug-likeness (QED) is 0.221. The van der Waals surface area contributed by atoms with E-state index >= 15 is 0 Å². The first-order valence-corrected chi connectivity index (χ1v) is 12.6. The lowest BCUT2D eigenvalue weighted by atomic mass is 9.93. The number of halogens is 5. The SMILES string of the molecule is Cn1c(CN2CCC(c3cccc(OCc4ccc(C(F)F)cc4F)n3)CC2)nc2c(OC(F)F)cccc21. The van der Waals surface area contributed by atoms with Gasteiger partial charge in [0.05, 0.1) is 12.1 Å². The van der Waals surface area contributed by atoms with Gasteiger partial charge in [-0.1, -0.05) is 24.3 Å². The van der Waals surface area contributed by atoms with Gasteiger partial charge in [0.15, 0.2) is 5.75 Å². The highest BCUT2D eigenvalue weighted by Crippen LogP contribution is 2.31. The van der Waals surface area contributed by atoms with Crippen LogP contribution in [0.2, 0.25) is 0 Å². The Kier molecular flexibility index (Phi) is 7.97. The fourth-order valence-corrected chi connectivity index (χ4v) is 4.86. The monoisotopic (exact) mass is 546 g/mol. The van der Waals surface area contributed by atoms with Crippen LogP contribution in [0, 0.1) is 5.82 Å². The molecule has 0 atom stereocenters. The van der Waals surface area contributed by atoms with Gasteiger partial charge in [-0.05, 0) is 50.2 Å². The van der Waals surface area contributed by atoms with Crippen molar-refractivity contribution in [3.63, 3.8) is 0 Å². The number of fused-ring (bicyclic) bond motifs is 1. The molecule has 3 heterocycles. The van der Waals surface area contributed by atoms with Crippen LogP contribution in [-0.2, 0) is 20.2 Å². The van der Waals surface area contributed by atoms with Crippen molar-refractivity contribution < 1.29 is 31.4 Å². The molecule has 11 heteroatoms. The lowest BCUT2D eigenvalue weighted by Gasteiger charge is -2.31. The van der Waals surface area contributed by atoms with Crippen LogP contribution < -0.4 is 9.47 Å². The molecule has 0 aliphatic carbocycles. The minimum atomic E-state index is -2.92. The molecule has 1 aliphatic heterocycles. The van der Waals surface area contributed by atoms with E-state index in [9.17, 15) is 22.0 Å². The molecule has 1 saturated heterocycles. The third-order valence-corrected chi connectivity index (χ3v) is 7.00. The van der Waals surface area contributed by atoms with Gasteiger partial charge in [-0.2, -0.15) is 8.78 Å². The Morgan fingerprint density at radius 3 is 2.46 bits per heavy atom. The van der Waals surface area contributed by atoms with Crippen LogP contribution in [0.25, 0.3) is 11.0 Å². The van der Waals surface area contributed by atoms with E-state index in [2.05, 4.69) is 19.6 Å². The van der Waals surface area contributed by atoms with Crippen molar-refractivity contribution >= 4 is 11.0 Å². The van der Waals surface area contributed by atoms with Gasteiger partial charge in [-0.25, -0.2) is 23.1 Å². The van der Waals surface area contributed by atoms with Gasteiger partial charge in [0.25, 0.3) is 6.43 Å². The number of imidazole rings is 1. The summed E-state index contributed by atoms with van der Waals surface area (Å²) < 4.78 is 77.4. The minimum Gasteiger partial charge on any atom is -0.473 e. The second-order valence-electron chi connectivity index (χ2n) is 9.48. The normalized spacial score (nSPS) is 15.0. The average Bonchev–Trinajstić information content (AvgIpc) is 3.24. The maximum atomic E-state index is 14.2. The number of ether oxygens (including phenoxy) is 2. The molecule has 0 spiro atoms. The number of pyridine rings is 1. The van der Waals surface area contributed by atoms with Crippen LogP contribution >= 0.6 is 0 Å². The van der Waals surface area contributed by atoms with Crippen molar-refractivity contribution in [2.24, 2.45) is 7.05 Å². The predicted molar refractivity (Wildman–Crippen MR) is 135 cm³/mol. The topological polar surface area (TPSA) is 52.4 Å².